The van der Waals surface area contributed by atoms with Gasteiger partial charge in [0.05, 0.1) is 33.3 Å². The molecule has 0 unspecified atom stereocenters. The molecule has 1 aromatic heterocycles. The third-order valence-electron chi connectivity index (χ3n) is 5.98. The van der Waals surface area contributed by atoms with Crippen LogP contribution in [-0.4, -0.2) is 26.3 Å². The minimum atomic E-state index is -0.434. The van der Waals surface area contributed by atoms with Crippen molar-refractivity contribution in [3.8, 4) is 5.69 Å². The van der Waals surface area contributed by atoms with Crippen LogP contribution in [0.5, 0.6) is 0 Å². The molecule has 1 amide bonds. The van der Waals surface area contributed by atoms with E-state index in [0.29, 0.717) is 22.7 Å². The number of nitrogens with zero attached hydrogens (tertiary/aromatic N) is 5. The number of fused-ring (bicyclic) bond motifs is 1. The van der Waals surface area contributed by atoms with Gasteiger partial charge < -0.3 is 0 Å². The lowest BCUT2D eigenvalue weighted by Gasteiger charge is -2.14. The molecule has 0 saturated carbocycles. The summed E-state index contributed by atoms with van der Waals surface area (Å²) in [6.07, 6.45) is 1.80. The van der Waals surface area contributed by atoms with Gasteiger partial charge in [0.2, 0.25) is 0 Å². The third kappa shape index (κ3) is 3.45. The summed E-state index contributed by atoms with van der Waals surface area (Å²) in [5.41, 5.74) is 4.66. The summed E-state index contributed by atoms with van der Waals surface area (Å²) in [6.45, 7) is 5.53. The highest BCUT2D eigenvalue weighted by molar-refractivity contribution is 6.33. The Morgan fingerprint density at radius 3 is 2.50 bits per heavy atom. The number of anilines is 1. The van der Waals surface area contributed by atoms with Gasteiger partial charge in [0.15, 0.2) is 0 Å². The second-order valence-corrected chi connectivity index (χ2v) is 8.13. The molecular weight excluding hydrogens is 430 g/mol. The molecule has 0 saturated heterocycles. The van der Waals surface area contributed by atoms with Crippen LogP contribution in [0.2, 0.25) is 0 Å². The predicted octanol–water partition coefficient (Wildman–Crippen LogP) is 5.36. The average Bonchev–Trinajstić information content (AvgIpc) is 3.28. The molecule has 4 aromatic rings. The molecule has 8 heteroatoms. The Bertz CT molecular complexity index is 1540. The van der Waals surface area contributed by atoms with Crippen LogP contribution in [0.1, 0.15) is 23.9 Å². The van der Waals surface area contributed by atoms with Crippen molar-refractivity contribution in [1.29, 1.82) is 0 Å². The van der Waals surface area contributed by atoms with E-state index in [1.54, 1.807) is 22.9 Å². The minimum absolute atomic E-state index is 0.00960. The molecule has 0 spiro atoms. The van der Waals surface area contributed by atoms with Crippen LogP contribution in [0, 0.1) is 24.0 Å². The molecule has 3 aromatic carbocycles. The number of nitro benzene ring substituents is 1. The van der Waals surface area contributed by atoms with Crippen LogP contribution in [0.15, 0.2) is 77.4 Å². The normalized spacial score (nSPS) is 14.8. The van der Waals surface area contributed by atoms with Crippen molar-refractivity contribution in [2.45, 2.75) is 20.8 Å². The first-order chi connectivity index (χ1) is 16.3. The Morgan fingerprint density at radius 1 is 0.971 bits per heavy atom. The molecule has 0 aliphatic carbocycles. The number of hydrogen-bond acceptors (Lipinski definition) is 5. The highest BCUT2D eigenvalue weighted by Gasteiger charge is 2.30. The van der Waals surface area contributed by atoms with Crippen molar-refractivity contribution < 1.29 is 9.72 Å². The number of rotatable bonds is 4. The fourth-order valence-corrected chi connectivity index (χ4v) is 4.24. The summed E-state index contributed by atoms with van der Waals surface area (Å²) in [4.78, 5) is 24.2. The lowest BCUT2D eigenvalue weighted by Crippen LogP contribution is -2.21. The van der Waals surface area contributed by atoms with Crippen LogP contribution < -0.4 is 5.01 Å². The Hall–Kier alpha value is -4.59. The maximum absolute atomic E-state index is 13.4. The van der Waals surface area contributed by atoms with Crippen LogP contribution in [0.3, 0.4) is 0 Å². The quantitative estimate of drug-likeness (QED) is 0.237. The Labute approximate surface area is 195 Å². The number of nitro groups is 1. The van der Waals surface area contributed by atoms with Crippen LogP contribution >= 0.6 is 0 Å². The summed E-state index contributed by atoms with van der Waals surface area (Å²) in [5, 5.41) is 23.7. The number of benzene rings is 3. The van der Waals surface area contributed by atoms with Gasteiger partial charge in [0, 0.05) is 28.8 Å². The molecule has 2 heterocycles. The van der Waals surface area contributed by atoms with E-state index < -0.39 is 4.92 Å². The van der Waals surface area contributed by atoms with Gasteiger partial charge in [-0.3, -0.25) is 14.9 Å². The number of carbonyl (C=O) groups excluding carboxylic acids is 1. The number of hydrazone groups is 1. The fourth-order valence-electron chi connectivity index (χ4n) is 4.24. The molecule has 0 fully saturated rings. The van der Waals surface area contributed by atoms with E-state index in [1.807, 2.05) is 63.2 Å². The molecule has 168 valence electrons. The zero-order chi connectivity index (χ0) is 24.0. The van der Waals surface area contributed by atoms with Gasteiger partial charge in [-0.15, -0.1) is 0 Å². The van der Waals surface area contributed by atoms with E-state index >= 15 is 0 Å². The van der Waals surface area contributed by atoms with E-state index in [-0.39, 0.29) is 11.6 Å². The van der Waals surface area contributed by atoms with Crippen molar-refractivity contribution in [1.82, 2.24) is 9.78 Å². The second kappa shape index (κ2) is 8.08. The second-order valence-electron chi connectivity index (χ2n) is 8.13. The SMILES string of the molecule is CC1=NN(c2cccc3ccccc23)C(=O)/C1=C\c1c(C)nn(-c2cccc([N+](=O)[O-])c2)c1C. The number of amides is 1. The highest BCUT2D eigenvalue weighted by Crippen LogP contribution is 2.32. The largest absolute Gasteiger partial charge is 0.280 e. The van der Waals surface area contributed by atoms with Gasteiger partial charge >= 0.3 is 0 Å². The molecule has 5 rings (SSSR count). The zero-order valence-corrected chi connectivity index (χ0v) is 18.9. The van der Waals surface area contributed by atoms with Gasteiger partial charge in [0.25, 0.3) is 11.6 Å². The Balaban J connectivity index is 1.55. The van der Waals surface area contributed by atoms with E-state index in [0.717, 1.165) is 27.7 Å². The summed E-state index contributed by atoms with van der Waals surface area (Å²) in [7, 11) is 0. The molecule has 0 atom stereocenters. The molecule has 0 bridgehead atoms. The number of hydrogen-bond donors (Lipinski definition) is 0. The molecular formula is C26H21N5O3. The van der Waals surface area contributed by atoms with E-state index in [2.05, 4.69) is 10.2 Å². The van der Waals surface area contributed by atoms with Gasteiger partial charge in [-0.2, -0.15) is 15.2 Å². The fraction of sp³-hybridized carbons (Fsp3) is 0.115. The van der Waals surface area contributed by atoms with Crippen molar-refractivity contribution in [3.63, 3.8) is 0 Å². The Morgan fingerprint density at radius 2 is 1.71 bits per heavy atom. The number of carbonyl (C=O) groups is 1. The average molecular weight is 451 g/mol. The maximum Gasteiger partial charge on any atom is 0.280 e. The van der Waals surface area contributed by atoms with Crippen LogP contribution in [0.4, 0.5) is 11.4 Å². The molecule has 0 radical (unpaired) electrons. The first kappa shape index (κ1) is 21.3. The molecule has 0 N–H and O–H groups in total. The van der Waals surface area contributed by atoms with Gasteiger partial charge in [-0.25, -0.2) is 4.68 Å². The van der Waals surface area contributed by atoms with Crippen molar-refractivity contribution >= 4 is 39.8 Å². The maximum atomic E-state index is 13.4. The summed E-state index contributed by atoms with van der Waals surface area (Å²) >= 11 is 0. The van der Waals surface area contributed by atoms with Gasteiger partial charge in [-0.1, -0.05) is 42.5 Å². The summed E-state index contributed by atoms with van der Waals surface area (Å²) < 4.78 is 1.66. The lowest BCUT2D eigenvalue weighted by molar-refractivity contribution is -0.384. The Kier molecular flexibility index (Phi) is 5.05. The van der Waals surface area contributed by atoms with Gasteiger partial charge in [0.1, 0.15) is 0 Å². The van der Waals surface area contributed by atoms with Crippen molar-refractivity contribution in [3.05, 3.63) is 99.4 Å². The first-order valence-corrected chi connectivity index (χ1v) is 10.8. The van der Waals surface area contributed by atoms with E-state index in [1.165, 1.54) is 17.1 Å². The summed E-state index contributed by atoms with van der Waals surface area (Å²) in [6, 6.07) is 20.0. The molecule has 1 aliphatic rings. The molecule has 1 aliphatic heterocycles. The third-order valence-corrected chi connectivity index (χ3v) is 5.98. The highest BCUT2D eigenvalue weighted by atomic mass is 16.6. The van der Waals surface area contributed by atoms with Gasteiger partial charge in [-0.05, 0) is 44.4 Å². The first-order valence-electron chi connectivity index (χ1n) is 10.8. The standard InChI is InChI=1S/C26H21N5O3/c1-16-23(18(3)29(27-16)20-10-7-11-21(14-20)31(33)34)15-24-17(2)28-30(26(24)32)25-13-6-9-19-8-4-5-12-22(19)25/h4-15H,1-3H3/b24-15-. The number of aromatic nitrogens is 2. The van der Waals surface area contributed by atoms with Crippen LogP contribution in [0.25, 0.3) is 22.5 Å². The van der Waals surface area contributed by atoms with E-state index in [9.17, 15) is 14.9 Å². The molecule has 8 nitrogen and oxygen atoms in total. The molecule has 34 heavy (non-hydrogen) atoms. The number of non-ortho nitro benzene ring substituents is 1. The van der Waals surface area contributed by atoms with E-state index in [4.69, 9.17) is 0 Å². The monoisotopic (exact) mass is 451 g/mol. The lowest BCUT2D eigenvalue weighted by atomic mass is 10.1. The van der Waals surface area contributed by atoms with Crippen molar-refractivity contribution in [2.75, 3.05) is 5.01 Å². The zero-order valence-electron chi connectivity index (χ0n) is 18.9. The predicted molar refractivity (Wildman–Crippen MR) is 132 cm³/mol. The minimum Gasteiger partial charge on any atom is -0.267 e. The smallest absolute Gasteiger partial charge is 0.267 e. The van der Waals surface area contributed by atoms with Crippen LogP contribution in [-0.2, 0) is 4.79 Å². The summed E-state index contributed by atoms with van der Waals surface area (Å²) in [5.74, 6) is -0.212. The van der Waals surface area contributed by atoms with Crippen molar-refractivity contribution in [2.24, 2.45) is 5.10 Å². The number of aryl methyl sites for hydroxylation is 1. The topological polar surface area (TPSA) is 93.6 Å².